The van der Waals surface area contributed by atoms with Crippen molar-refractivity contribution in [2.75, 3.05) is 20.1 Å². The first-order valence-corrected chi connectivity index (χ1v) is 3.89. The van der Waals surface area contributed by atoms with Gasteiger partial charge in [-0.15, -0.1) is 0 Å². The molecule has 7 heteroatoms. The molecule has 0 aliphatic carbocycles. The minimum Gasteiger partial charge on any atom is -0.344 e. The van der Waals surface area contributed by atoms with Crippen LogP contribution in [0.2, 0.25) is 0 Å². The molecule has 7 nitrogen and oxygen atoms in total. The molecule has 2 heterocycles. The Bertz CT molecular complexity index is 118. The minimum atomic E-state index is -0.208. The van der Waals surface area contributed by atoms with E-state index in [1.54, 1.807) is 0 Å². The van der Waals surface area contributed by atoms with Gasteiger partial charge in [-0.2, -0.15) is 5.48 Å². The predicted octanol–water partition coefficient (Wildman–Crippen LogP) is -2.65. The second-order valence-electron chi connectivity index (χ2n) is 2.54. The van der Waals surface area contributed by atoms with Gasteiger partial charge in [-0.3, -0.25) is 15.5 Å². The number of rotatable bonds is 1. The van der Waals surface area contributed by atoms with Crippen molar-refractivity contribution in [2.45, 2.75) is 12.5 Å². The largest absolute Gasteiger partial charge is 0.344 e. The van der Waals surface area contributed by atoms with Crippen LogP contribution in [0.1, 0.15) is 0 Å². The number of hydroxylamine groups is 1. The molecule has 12 heavy (non-hydrogen) atoms. The van der Waals surface area contributed by atoms with Crippen LogP contribution in [0.5, 0.6) is 0 Å². The Morgan fingerprint density at radius 3 is 2.83 bits per heavy atom. The predicted molar refractivity (Wildman–Crippen MR) is 40.0 cm³/mol. The highest BCUT2D eigenvalue weighted by atomic mass is 16.7. The topological polar surface area (TPSA) is 78.6 Å². The van der Waals surface area contributed by atoms with E-state index >= 15 is 0 Å². The van der Waals surface area contributed by atoms with E-state index in [0.29, 0.717) is 13.4 Å². The van der Waals surface area contributed by atoms with Crippen LogP contribution in [0.3, 0.4) is 0 Å². The molecule has 2 rings (SSSR count). The summed E-state index contributed by atoms with van der Waals surface area (Å²) in [5.74, 6) is 0. The Hall–Kier alpha value is -0.280. The highest BCUT2D eigenvalue weighted by Gasteiger charge is 2.26. The van der Waals surface area contributed by atoms with Gasteiger partial charge in [0.05, 0.1) is 13.4 Å². The number of hydrogen-bond acceptors (Lipinski definition) is 7. The van der Waals surface area contributed by atoms with Gasteiger partial charge in [0.15, 0.2) is 12.5 Å². The maximum absolute atomic E-state index is 5.33. The molecule has 2 saturated heterocycles. The third-order valence-corrected chi connectivity index (χ3v) is 1.68. The van der Waals surface area contributed by atoms with Gasteiger partial charge >= 0.3 is 0 Å². The molecular weight excluding hydrogens is 162 g/mol. The van der Waals surface area contributed by atoms with E-state index in [2.05, 4.69) is 27.0 Å². The molecule has 0 aromatic rings. The normalized spacial score (nSPS) is 38.0. The lowest BCUT2D eigenvalue weighted by molar-refractivity contribution is -0.175. The second-order valence-corrected chi connectivity index (χ2v) is 2.54. The Labute approximate surface area is 70.1 Å². The lowest BCUT2D eigenvalue weighted by Gasteiger charge is -2.34. The van der Waals surface area contributed by atoms with E-state index in [-0.39, 0.29) is 12.5 Å². The summed E-state index contributed by atoms with van der Waals surface area (Å²) in [4.78, 5) is 5.18. The molecule has 2 aliphatic rings. The van der Waals surface area contributed by atoms with Crippen LogP contribution in [0, 0.1) is 0 Å². The van der Waals surface area contributed by atoms with Crippen LogP contribution in [0.4, 0.5) is 0 Å². The van der Waals surface area contributed by atoms with E-state index in [1.165, 1.54) is 0 Å². The van der Waals surface area contributed by atoms with E-state index in [4.69, 9.17) is 9.57 Å². The van der Waals surface area contributed by atoms with Crippen molar-refractivity contribution in [3.05, 3.63) is 0 Å². The van der Waals surface area contributed by atoms with Crippen molar-refractivity contribution in [1.82, 2.24) is 27.0 Å². The monoisotopic (exact) mass is 175 g/mol. The molecule has 0 bridgehead atoms. The number of ether oxygens (including phenoxy) is 1. The summed E-state index contributed by atoms with van der Waals surface area (Å²) in [5.41, 5.74) is 8.56. The summed E-state index contributed by atoms with van der Waals surface area (Å²) in [7, 11) is 0. The SMILES string of the molecule is C1NNC(C2NCNCO2)ON1. The molecule has 70 valence electrons. The van der Waals surface area contributed by atoms with Crippen LogP contribution < -0.4 is 27.0 Å². The maximum Gasteiger partial charge on any atom is 0.181 e. The van der Waals surface area contributed by atoms with Crippen LogP contribution in [-0.4, -0.2) is 32.5 Å². The van der Waals surface area contributed by atoms with Crippen LogP contribution >= 0.6 is 0 Å². The summed E-state index contributed by atoms with van der Waals surface area (Å²) >= 11 is 0. The number of hydrogen-bond donors (Lipinski definition) is 5. The average Bonchev–Trinajstić information content (AvgIpc) is 2.21. The maximum atomic E-state index is 5.33. The average molecular weight is 175 g/mol. The summed E-state index contributed by atoms with van der Waals surface area (Å²) < 4.78 is 5.33. The van der Waals surface area contributed by atoms with Crippen molar-refractivity contribution in [3.63, 3.8) is 0 Å². The zero-order valence-electron chi connectivity index (χ0n) is 6.59. The van der Waals surface area contributed by atoms with E-state index < -0.39 is 0 Å². The van der Waals surface area contributed by atoms with Crippen LogP contribution in [0.25, 0.3) is 0 Å². The summed E-state index contributed by atoms with van der Waals surface area (Å²) in [6.07, 6.45) is -0.340. The number of nitrogens with one attached hydrogen (secondary N) is 5. The van der Waals surface area contributed by atoms with E-state index in [0.717, 1.165) is 6.67 Å². The molecule has 0 spiro atoms. The molecule has 0 aromatic carbocycles. The van der Waals surface area contributed by atoms with Gasteiger partial charge in [0.2, 0.25) is 0 Å². The summed E-state index contributed by atoms with van der Waals surface area (Å²) in [6.45, 7) is 1.85. The van der Waals surface area contributed by atoms with Gasteiger partial charge in [0.1, 0.15) is 0 Å². The van der Waals surface area contributed by atoms with Crippen molar-refractivity contribution in [2.24, 2.45) is 0 Å². The highest BCUT2D eigenvalue weighted by Crippen LogP contribution is 1.99. The molecule has 2 atom stereocenters. The smallest absolute Gasteiger partial charge is 0.181 e. The van der Waals surface area contributed by atoms with Gasteiger partial charge < -0.3 is 4.74 Å². The molecule has 0 radical (unpaired) electrons. The Balaban J connectivity index is 1.80. The van der Waals surface area contributed by atoms with Crippen molar-refractivity contribution < 1.29 is 9.57 Å². The molecule has 2 aliphatic heterocycles. The molecule has 2 fully saturated rings. The quantitative estimate of drug-likeness (QED) is 0.298. The van der Waals surface area contributed by atoms with E-state index in [1.807, 2.05) is 0 Å². The zero-order valence-corrected chi connectivity index (χ0v) is 6.59. The van der Waals surface area contributed by atoms with Crippen molar-refractivity contribution in [3.8, 4) is 0 Å². The first-order valence-electron chi connectivity index (χ1n) is 3.89. The van der Waals surface area contributed by atoms with Crippen molar-refractivity contribution >= 4 is 0 Å². The minimum absolute atomic E-state index is 0.133. The lowest BCUT2D eigenvalue weighted by Crippen LogP contribution is -2.65. The number of hydrazine groups is 1. The standard InChI is InChI=1S/C5H13N5O2/c1-6-3-11-4(7-1)5-10-8-2-9-12-5/h4-10H,1-3H2. The van der Waals surface area contributed by atoms with Gasteiger partial charge in [0.25, 0.3) is 0 Å². The third-order valence-electron chi connectivity index (χ3n) is 1.68. The lowest BCUT2D eigenvalue weighted by atomic mass is 10.5. The van der Waals surface area contributed by atoms with Gasteiger partial charge in [-0.25, -0.2) is 10.9 Å². The highest BCUT2D eigenvalue weighted by molar-refractivity contribution is 4.68. The molecular formula is C5H13N5O2. The fraction of sp³-hybridized carbons (Fsp3) is 1.00. The third kappa shape index (κ3) is 1.90. The first kappa shape index (κ1) is 8.32. The zero-order chi connectivity index (χ0) is 8.23. The van der Waals surface area contributed by atoms with Crippen molar-refractivity contribution in [1.29, 1.82) is 0 Å². The Morgan fingerprint density at radius 2 is 2.17 bits per heavy atom. The fourth-order valence-corrected chi connectivity index (χ4v) is 1.11. The van der Waals surface area contributed by atoms with E-state index in [9.17, 15) is 0 Å². The summed E-state index contributed by atoms with van der Waals surface area (Å²) in [6, 6.07) is 0. The molecule has 0 saturated carbocycles. The molecule has 5 N–H and O–H groups in total. The second kappa shape index (κ2) is 4.10. The molecule has 0 aromatic heterocycles. The van der Waals surface area contributed by atoms with Gasteiger partial charge in [-0.1, -0.05) is 0 Å². The fourth-order valence-electron chi connectivity index (χ4n) is 1.11. The Kier molecular flexibility index (Phi) is 2.84. The van der Waals surface area contributed by atoms with Crippen LogP contribution in [0.15, 0.2) is 0 Å². The van der Waals surface area contributed by atoms with Gasteiger partial charge in [-0.05, 0) is 0 Å². The molecule has 2 unspecified atom stereocenters. The Morgan fingerprint density at radius 1 is 1.17 bits per heavy atom. The van der Waals surface area contributed by atoms with Crippen LogP contribution in [-0.2, 0) is 9.57 Å². The van der Waals surface area contributed by atoms with Gasteiger partial charge in [0, 0.05) is 6.67 Å². The molecule has 0 amide bonds. The summed E-state index contributed by atoms with van der Waals surface area (Å²) in [5, 5.41) is 6.08. The first-order chi connectivity index (χ1) is 5.97.